The predicted octanol–water partition coefficient (Wildman–Crippen LogP) is 0.884. The van der Waals surface area contributed by atoms with E-state index in [-0.39, 0.29) is 0 Å². The highest BCUT2D eigenvalue weighted by molar-refractivity contribution is 5.45. The number of rotatable bonds is 6. The van der Waals surface area contributed by atoms with Gasteiger partial charge in [0.2, 0.25) is 0 Å². The van der Waals surface area contributed by atoms with Crippen LogP contribution in [0.5, 0.6) is 0 Å². The average molecular weight is 209 g/mol. The van der Waals surface area contributed by atoms with Crippen LogP contribution in [0.2, 0.25) is 0 Å². The number of aromatic nitrogens is 1. The highest BCUT2D eigenvalue weighted by Crippen LogP contribution is 2.12. The minimum absolute atomic E-state index is 0.736. The summed E-state index contributed by atoms with van der Waals surface area (Å²) >= 11 is 0. The summed E-state index contributed by atoms with van der Waals surface area (Å²) in [5.41, 5.74) is 2.23. The number of ether oxygens (including phenoxy) is 1. The fraction of sp³-hybridized carbons (Fsp3) is 0.545. The van der Waals surface area contributed by atoms with E-state index in [1.807, 2.05) is 19.3 Å². The van der Waals surface area contributed by atoms with Crippen LogP contribution in [0, 0.1) is 0 Å². The molecule has 0 unspecified atom stereocenters. The van der Waals surface area contributed by atoms with Crippen LogP contribution in [-0.4, -0.2) is 39.3 Å². The van der Waals surface area contributed by atoms with Gasteiger partial charge in [0.05, 0.1) is 12.3 Å². The predicted molar refractivity (Wildman–Crippen MR) is 62.1 cm³/mol. The highest BCUT2D eigenvalue weighted by atomic mass is 16.5. The first-order valence-electron chi connectivity index (χ1n) is 5.07. The largest absolute Gasteiger partial charge is 0.383 e. The maximum Gasteiger partial charge on any atom is 0.0637 e. The molecule has 4 heteroatoms. The molecule has 1 aromatic heterocycles. The van der Waals surface area contributed by atoms with E-state index in [4.69, 9.17) is 4.74 Å². The van der Waals surface area contributed by atoms with Crippen molar-refractivity contribution < 1.29 is 4.74 Å². The summed E-state index contributed by atoms with van der Waals surface area (Å²) in [6.45, 7) is 2.42. The minimum Gasteiger partial charge on any atom is -0.383 e. The molecule has 1 N–H and O–H groups in total. The second-order valence-corrected chi connectivity index (χ2v) is 3.45. The number of nitrogens with one attached hydrogen (secondary N) is 1. The Bertz CT molecular complexity index is 291. The number of nitrogens with zero attached hydrogens (tertiary/aromatic N) is 2. The molecule has 0 saturated heterocycles. The van der Waals surface area contributed by atoms with Crippen LogP contribution in [0.15, 0.2) is 18.3 Å². The van der Waals surface area contributed by atoms with E-state index in [0.717, 1.165) is 25.4 Å². The first kappa shape index (κ1) is 11.9. The Morgan fingerprint density at radius 1 is 1.53 bits per heavy atom. The molecule has 1 heterocycles. The first-order valence-corrected chi connectivity index (χ1v) is 5.07. The van der Waals surface area contributed by atoms with Gasteiger partial charge in [-0.2, -0.15) is 0 Å². The van der Waals surface area contributed by atoms with Crippen molar-refractivity contribution in [2.75, 3.05) is 39.3 Å². The molecule has 0 aliphatic rings. The quantitative estimate of drug-likeness (QED) is 0.755. The number of likely N-dealkylation sites (N-methyl/N-ethyl adjacent to an activating group) is 1. The second kappa shape index (κ2) is 6.37. The fourth-order valence-electron chi connectivity index (χ4n) is 1.34. The third-order valence-corrected chi connectivity index (χ3v) is 2.23. The molecule has 0 atom stereocenters. The lowest BCUT2D eigenvalue weighted by atomic mass is 10.3. The van der Waals surface area contributed by atoms with Crippen molar-refractivity contribution in [3.8, 4) is 0 Å². The number of hydrogen-bond acceptors (Lipinski definition) is 4. The Hall–Kier alpha value is -1.13. The SMILES string of the molecule is CNCc1cc(N(C)CCOC)ccn1. The summed E-state index contributed by atoms with van der Waals surface area (Å²) < 4.78 is 5.04. The van der Waals surface area contributed by atoms with Gasteiger partial charge in [-0.15, -0.1) is 0 Å². The van der Waals surface area contributed by atoms with Crippen molar-refractivity contribution in [1.29, 1.82) is 0 Å². The minimum atomic E-state index is 0.736. The lowest BCUT2D eigenvalue weighted by Crippen LogP contribution is -2.22. The number of hydrogen-bond donors (Lipinski definition) is 1. The van der Waals surface area contributed by atoms with Crippen LogP contribution in [-0.2, 0) is 11.3 Å². The maximum absolute atomic E-state index is 5.04. The summed E-state index contributed by atoms with van der Waals surface area (Å²) in [5, 5.41) is 3.09. The molecular weight excluding hydrogens is 190 g/mol. The van der Waals surface area contributed by atoms with Gasteiger partial charge in [-0.25, -0.2) is 0 Å². The molecule has 0 spiro atoms. The summed E-state index contributed by atoms with van der Waals surface area (Å²) in [4.78, 5) is 6.43. The normalized spacial score (nSPS) is 10.3. The Labute approximate surface area is 91.3 Å². The molecule has 0 radical (unpaired) electrons. The Balaban J connectivity index is 2.62. The summed E-state index contributed by atoms with van der Waals surface area (Å²) in [7, 11) is 5.69. The zero-order valence-electron chi connectivity index (χ0n) is 9.66. The van der Waals surface area contributed by atoms with E-state index in [1.54, 1.807) is 7.11 Å². The van der Waals surface area contributed by atoms with E-state index in [9.17, 15) is 0 Å². The Morgan fingerprint density at radius 3 is 3.00 bits per heavy atom. The smallest absolute Gasteiger partial charge is 0.0637 e. The molecule has 1 rings (SSSR count). The summed E-state index contributed by atoms with van der Waals surface area (Å²) in [6.07, 6.45) is 1.84. The third-order valence-electron chi connectivity index (χ3n) is 2.23. The van der Waals surface area contributed by atoms with Gasteiger partial charge in [0.15, 0.2) is 0 Å². The van der Waals surface area contributed by atoms with Crippen molar-refractivity contribution in [3.05, 3.63) is 24.0 Å². The van der Waals surface area contributed by atoms with Gasteiger partial charge < -0.3 is 15.0 Å². The lowest BCUT2D eigenvalue weighted by molar-refractivity contribution is 0.206. The van der Waals surface area contributed by atoms with Crippen LogP contribution in [0.3, 0.4) is 0 Å². The topological polar surface area (TPSA) is 37.4 Å². The number of methoxy groups -OCH3 is 1. The van der Waals surface area contributed by atoms with Crippen molar-refractivity contribution in [2.45, 2.75) is 6.54 Å². The zero-order valence-corrected chi connectivity index (χ0v) is 9.66. The molecular formula is C11H19N3O. The van der Waals surface area contributed by atoms with Crippen molar-refractivity contribution in [2.24, 2.45) is 0 Å². The van der Waals surface area contributed by atoms with Gasteiger partial charge in [-0.3, -0.25) is 4.98 Å². The van der Waals surface area contributed by atoms with Crippen LogP contribution < -0.4 is 10.2 Å². The lowest BCUT2D eigenvalue weighted by Gasteiger charge is -2.19. The summed E-state index contributed by atoms with van der Waals surface area (Å²) in [6, 6.07) is 4.10. The molecule has 1 aromatic rings. The standard InChI is InChI=1S/C11H19N3O/c1-12-9-10-8-11(4-5-13-10)14(2)6-7-15-3/h4-5,8,12H,6-7,9H2,1-3H3. The van der Waals surface area contributed by atoms with Crippen molar-refractivity contribution in [1.82, 2.24) is 10.3 Å². The van der Waals surface area contributed by atoms with Crippen LogP contribution in [0.1, 0.15) is 5.69 Å². The molecule has 4 nitrogen and oxygen atoms in total. The van der Waals surface area contributed by atoms with Crippen molar-refractivity contribution in [3.63, 3.8) is 0 Å². The monoisotopic (exact) mass is 209 g/mol. The molecule has 15 heavy (non-hydrogen) atoms. The second-order valence-electron chi connectivity index (χ2n) is 3.45. The molecule has 84 valence electrons. The van der Waals surface area contributed by atoms with E-state index in [0.29, 0.717) is 0 Å². The molecule has 0 bridgehead atoms. The van der Waals surface area contributed by atoms with Crippen molar-refractivity contribution >= 4 is 5.69 Å². The van der Waals surface area contributed by atoms with E-state index < -0.39 is 0 Å². The van der Waals surface area contributed by atoms with Crippen LogP contribution in [0.25, 0.3) is 0 Å². The third kappa shape index (κ3) is 3.85. The summed E-state index contributed by atoms with van der Waals surface area (Å²) in [5.74, 6) is 0. The van der Waals surface area contributed by atoms with Gasteiger partial charge in [0, 0.05) is 39.1 Å². The van der Waals surface area contributed by atoms with Gasteiger partial charge in [-0.1, -0.05) is 0 Å². The molecule has 0 saturated carbocycles. The fourth-order valence-corrected chi connectivity index (χ4v) is 1.34. The molecule has 0 aromatic carbocycles. The van der Waals surface area contributed by atoms with E-state index >= 15 is 0 Å². The van der Waals surface area contributed by atoms with Gasteiger partial charge in [-0.05, 0) is 19.2 Å². The average Bonchev–Trinajstić information content (AvgIpc) is 2.27. The van der Waals surface area contributed by atoms with Gasteiger partial charge in [0.1, 0.15) is 0 Å². The zero-order chi connectivity index (χ0) is 11.1. The number of anilines is 1. The van der Waals surface area contributed by atoms with Gasteiger partial charge in [0.25, 0.3) is 0 Å². The first-order chi connectivity index (χ1) is 7.27. The van der Waals surface area contributed by atoms with E-state index in [2.05, 4.69) is 28.3 Å². The molecule has 0 aliphatic heterocycles. The highest BCUT2D eigenvalue weighted by Gasteiger charge is 2.01. The molecule has 0 aliphatic carbocycles. The number of pyridine rings is 1. The Morgan fingerprint density at radius 2 is 2.33 bits per heavy atom. The van der Waals surface area contributed by atoms with Crippen LogP contribution >= 0.6 is 0 Å². The maximum atomic E-state index is 5.04. The molecule has 0 fully saturated rings. The van der Waals surface area contributed by atoms with Crippen LogP contribution in [0.4, 0.5) is 5.69 Å². The Kier molecular flexibility index (Phi) is 5.07. The van der Waals surface area contributed by atoms with Gasteiger partial charge >= 0.3 is 0 Å². The van der Waals surface area contributed by atoms with E-state index in [1.165, 1.54) is 5.69 Å². The molecule has 0 amide bonds.